The predicted octanol–water partition coefficient (Wildman–Crippen LogP) is 3.23. The van der Waals surface area contributed by atoms with Gasteiger partial charge in [0.25, 0.3) is 11.8 Å². The molecule has 0 saturated carbocycles. The fraction of sp³-hybridized carbons (Fsp3) is 0.300. The minimum absolute atomic E-state index is 0.0620. The molecule has 0 radical (unpaired) electrons. The first-order chi connectivity index (χ1) is 13.0. The maximum atomic E-state index is 13.0. The number of nitrogens with zero attached hydrogens (tertiary/aromatic N) is 2. The number of hydrogen-bond acceptors (Lipinski definition) is 3. The standard InChI is InChI=1S/C20H20ClFN2O3/c21-16-4-8-18(9-5-16)27-14-19(25)23-10-1-11-24(13-12-23)20(26)15-2-6-17(22)7-3-15/h2-9H,1,10-14H2. The molecule has 0 aromatic heterocycles. The molecule has 0 unspecified atom stereocenters. The Hall–Kier alpha value is -2.60. The lowest BCUT2D eigenvalue weighted by atomic mass is 10.2. The molecule has 0 atom stereocenters. The van der Waals surface area contributed by atoms with Crippen LogP contribution in [0, 0.1) is 5.82 Å². The van der Waals surface area contributed by atoms with Crippen LogP contribution in [0.1, 0.15) is 16.8 Å². The van der Waals surface area contributed by atoms with Gasteiger partial charge < -0.3 is 14.5 Å². The highest BCUT2D eigenvalue weighted by molar-refractivity contribution is 6.30. The van der Waals surface area contributed by atoms with E-state index in [0.717, 1.165) is 0 Å². The molecule has 27 heavy (non-hydrogen) atoms. The topological polar surface area (TPSA) is 49.9 Å². The molecule has 0 N–H and O–H groups in total. The third-order valence-electron chi connectivity index (χ3n) is 4.40. The molecule has 142 valence electrons. The second-order valence-corrected chi connectivity index (χ2v) is 6.71. The highest BCUT2D eigenvalue weighted by Crippen LogP contribution is 2.16. The van der Waals surface area contributed by atoms with E-state index in [1.54, 1.807) is 34.1 Å². The van der Waals surface area contributed by atoms with Crippen molar-refractivity contribution >= 4 is 23.4 Å². The number of carbonyl (C=O) groups excluding carboxylic acids is 2. The Morgan fingerprint density at radius 3 is 2.26 bits per heavy atom. The van der Waals surface area contributed by atoms with Crippen LogP contribution in [0.3, 0.4) is 0 Å². The Balaban J connectivity index is 1.52. The summed E-state index contributed by atoms with van der Waals surface area (Å²) in [6.07, 6.45) is 0.680. The summed E-state index contributed by atoms with van der Waals surface area (Å²) in [5.74, 6) is -0.0710. The van der Waals surface area contributed by atoms with Crippen molar-refractivity contribution in [1.29, 1.82) is 0 Å². The Kier molecular flexibility index (Phi) is 6.29. The quantitative estimate of drug-likeness (QED) is 0.805. The lowest BCUT2D eigenvalue weighted by molar-refractivity contribution is -0.133. The number of halogens is 2. The smallest absolute Gasteiger partial charge is 0.260 e. The molecule has 5 nitrogen and oxygen atoms in total. The molecule has 3 rings (SSSR count). The van der Waals surface area contributed by atoms with Crippen molar-refractivity contribution in [1.82, 2.24) is 9.80 Å². The molecule has 0 spiro atoms. The van der Waals surface area contributed by atoms with Crippen LogP contribution in [-0.2, 0) is 4.79 Å². The van der Waals surface area contributed by atoms with Gasteiger partial charge in [-0.15, -0.1) is 0 Å². The largest absolute Gasteiger partial charge is 0.484 e. The normalized spacial score (nSPS) is 14.6. The summed E-state index contributed by atoms with van der Waals surface area (Å²) in [7, 11) is 0. The van der Waals surface area contributed by atoms with Crippen molar-refractivity contribution in [3.63, 3.8) is 0 Å². The van der Waals surface area contributed by atoms with E-state index < -0.39 is 0 Å². The molecular formula is C20H20ClFN2O3. The van der Waals surface area contributed by atoms with Gasteiger partial charge in [0.2, 0.25) is 0 Å². The van der Waals surface area contributed by atoms with E-state index >= 15 is 0 Å². The molecule has 0 aliphatic carbocycles. The minimum Gasteiger partial charge on any atom is -0.484 e. The minimum atomic E-state index is -0.375. The number of hydrogen-bond donors (Lipinski definition) is 0. The molecule has 2 aromatic carbocycles. The molecule has 0 bridgehead atoms. The van der Waals surface area contributed by atoms with Gasteiger partial charge in [0, 0.05) is 36.8 Å². The van der Waals surface area contributed by atoms with Crippen LogP contribution >= 0.6 is 11.6 Å². The third-order valence-corrected chi connectivity index (χ3v) is 4.65. The van der Waals surface area contributed by atoms with Crippen LogP contribution in [-0.4, -0.2) is 54.4 Å². The van der Waals surface area contributed by atoms with E-state index in [9.17, 15) is 14.0 Å². The van der Waals surface area contributed by atoms with Crippen molar-refractivity contribution < 1.29 is 18.7 Å². The Morgan fingerprint density at radius 2 is 1.56 bits per heavy atom. The van der Waals surface area contributed by atoms with Gasteiger partial charge in [-0.3, -0.25) is 9.59 Å². The summed E-state index contributed by atoms with van der Waals surface area (Å²) in [5.41, 5.74) is 0.447. The zero-order chi connectivity index (χ0) is 19.2. The van der Waals surface area contributed by atoms with Crippen LogP contribution in [0.5, 0.6) is 5.75 Å². The summed E-state index contributed by atoms with van der Waals surface area (Å²) in [5, 5.41) is 0.604. The summed E-state index contributed by atoms with van der Waals surface area (Å²) in [6, 6.07) is 12.3. The van der Waals surface area contributed by atoms with Gasteiger partial charge in [-0.25, -0.2) is 4.39 Å². The maximum absolute atomic E-state index is 13.0. The highest BCUT2D eigenvalue weighted by atomic mass is 35.5. The molecule has 1 saturated heterocycles. The first-order valence-corrected chi connectivity index (χ1v) is 9.12. The van der Waals surface area contributed by atoms with E-state index in [0.29, 0.717) is 48.9 Å². The number of rotatable bonds is 4. The first kappa shape index (κ1) is 19.2. The van der Waals surface area contributed by atoms with E-state index in [-0.39, 0.29) is 24.2 Å². The van der Waals surface area contributed by atoms with Gasteiger partial charge >= 0.3 is 0 Å². The highest BCUT2D eigenvalue weighted by Gasteiger charge is 2.23. The zero-order valence-corrected chi connectivity index (χ0v) is 15.5. The lowest BCUT2D eigenvalue weighted by Gasteiger charge is -2.22. The maximum Gasteiger partial charge on any atom is 0.260 e. The molecule has 7 heteroatoms. The Labute approximate surface area is 162 Å². The van der Waals surface area contributed by atoms with Crippen LogP contribution in [0.25, 0.3) is 0 Å². The predicted molar refractivity (Wildman–Crippen MR) is 100 cm³/mol. The Morgan fingerprint density at radius 1 is 0.926 bits per heavy atom. The van der Waals surface area contributed by atoms with Crippen molar-refractivity contribution in [3.05, 3.63) is 64.9 Å². The van der Waals surface area contributed by atoms with Crippen molar-refractivity contribution in [2.24, 2.45) is 0 Å². The molecule has 2 aromatic rings. The average molecular weight is 391 g/mol. The number of amides is 2. The van der Waals surface area contributed by atoms with E-state index in [2.05, 4.69) is 0 Å². The van der Waals surface area contributed by atoms with Crippen LogP contribution in [0.2, 0.25) is 5.02 Å². The van der Waals surface area contributed by atoms with Crippen LogP contribution in [0.15, 0.2) is 48.5 Å². The van der Waals surface area contributed by atoms with E-state index in [4.69, 9.17) is 16.3 Å². The van der Waals surface area contributed by atoms with Gasteiger partial charge in [-0.05, 0) is 55.0 Å². The molecule has 1 aliphatic rings. The van der Waals surface area contributed by atoms with Gasteiger partial charge in [-0.1, -0.05) is 11.6 Å². The number of carbonyl (C=O) groups is 2. The lowest BCUT2D eigenvalue weighted by Crippen LogP contribution is -2.39. The van der Waals surface area contributed by atoms with Gasteiger partial charge in [0.05, 0.1) is 0 Å². The van der Waals surface area contributed by atoms with E-state index in [1.807, 2.05) is 0 Å². The molecule has 1 aliphatic heterocycles. The number of benzene rings is 2. The third kappa shape index (κ3) is 5.20. The fourth-order valence-electron chi connectivity index (χ4n) is 2.91. The second-order valence-electron chi connectivity index (χ2n) is 6.28. The SMILES string of the molecule is O=C(COc1ccc(Cl)cc1)N1CCCN(C(=O)c2ccc(F)cc2)CC1. The van der Waals surface area contributed by atoms with Crippen molar-refractivity contribution in [2.75, 3.05) is 32.8 Å². The van der Waals surface area contributed by atoms with Gasteiger partial charge in [0.1, 0.15) is 11.6 Å². The fourth-order valence-corrected chi connectivity index (χ4v) is 3.04. The van der Waals surface area contributed by atoms with E-state index in [1.165, 1.54) is 24.3 Å². The number of ether oxygens (including phenoxy) is 1. The van der Waals surface area contributed by atoms with Crippen molar-refractivity contribution in [3.8, 4) is 5.75 Å². The summed E-state index contributed by atoms with van der Waals surface area (Å²) >= 11 is 5.82. The molecule has 1 fully saturated rings. The van der Waals surface area contributed by atoms with Crippen LogP contribution in [0.4, 0.5) is 4.39 Å². The summed E-state index contributed by atoms with van der Waals surface area (Å²) in [4.78, 5) is 28.3. The monoisotopic (exact) mass is 390 g/mol. The average Bonchev–Trinajstić information content (AvgIpc) is 2.94. The first-order valence-electron chi connectivity index (χ1n) is 8.74. The van der Waals surface area contributed by atoms with Gasteiger partial charge in [0.15, 0.2) is 6.61 Å². The molecular weight excluding hydrogens is 371 g/mol. The molecule has 2 amide bonds. The summed E-state index contributed by atoms with van der Waals surface area (Å²) < 4.78 is 18.5. The van der Waals surface area contributed by atoms with Crippen LogP contribution < -0.4 is 4.74 Å². The van der Waals surface area contributed by atoms with Gasteiger partial charge in [-0.2, -0.15) is 0 Å². The zero-order valence-electron chi connectivity index (χ0n) is 14.7. The second kappa shape index (κ2) is 8.86. The molecule has 1 heterocycles. The van der Waals surface area contributed by atoms with Crippen molar-refractivity contribution in [2.45, 2.75) is 6.42 Å². The Bertz CT molecular complexity index is 796. The summed E-state index contributed by atoms with van der Waals surface area (Å²) in [6.45, 7) is 1.93.